The predicted octanol–water partition coefficient (Wildman–Crippen LogP) is 2.81. The third kappa shape index (κ3) is 6.50. The molecule has 35 heavy (non-hydrogen) atoms. The fourth-order valence-electron chi connectivity index (χ4n) is 3.17. The summed E-state index contributed by atoms with van der Waals surface area (Å²) in [7, 11) is -3.42. The van der Waals surface area contributed by atoms with Crippen molar-refractivity contribution in [2.45, 2.75) is 38.0 Å². The average molecular weight is 519 g/mol. The Hall–Kier alpha value is -3.16. The minimum Gasteiger partial charge on any atom is -0.477 e. The number of hydrogen-bond donors (Lipinski definition) is 2. The zero-order valence-electron chi connectivity index (χ0n) is 19.3. The van der Waals surface area contributed by atoms with E-state index >= 15 is 0 Å². The van der Waals surface area contributed by atoms with Crippen molar-refractivity contribution in [3.8, 4) is 16.5 Å². The van der Waals surface area contributed by atoms with E-state index in [-0.39, 0.29) is 16.9 Å². The lowest BCUT2D eigenvalue weighted by Crippen LogP contribution is -2.32. The molecule has 1 aliphatic rings. The number of amides is 1. The van der Waals surface area contributed by atoms with Gasteiger partial charge in [-0.2, -0.15) is 0 Å². The number of pyridine rings is 1. The molecule has 4 rings (SSSR count). The van der Waals surface area contributed by atoms with Crippen molar-refractivity contribution in [3.05, 3.63) is 47.6 Å². The van der Waals surface area contributed by atoms with Crippen LogP contribution in [0.15, 0.2) is 36.9 Å². The summed E-state index contributed by atoms with van der Waals surface area (Å²) in [5.74, 6) is -0.0184. The third-order valence-corrected chi connectivity index (χ3v) is 7.90. The molecule has 3 heterocycles. The molecule has 0 bridgehead atoms. The van der Waals surface area contributed by atoms with Gasteiger partial charge in [-0.15, -0.1) is 11.3 Å². The first kappa shape index (κ1) is 24.9. The van der Waals surface area contributed by atoms with Gasteiger partial charge in [-0.25, -0.2) is 18.4 Å². The van der Waals surface area contributed by atoms with Crippen LogP contribution < -0.4 is 14.8 Å². The fourth-order valence-corrected chi connectivity index (χ4v) is 5.32. The number of carbonyl (C=O) groups is 1. The topological polar surface area (TPSA) is 145 Å². The Labute approximate surface area is 207 Å². The molecule has 1 atom stereocenters. The maximum atomic E-state index is 13.0. The molecule has 186 valence electrons. The summed E-state index contributed by atoms with van der Waals surface area (Å²) in [6.45, 7) is 4.77. The molecule has 1 saturated carbocycles. The van der Waals surface area contributed by atoms with Crippen molar-refractivity contribution in [2.75, 3.05) is 24.5 Å². The van der Waals surface area contributed by atoms with E-state index in [1.54, 1.807) is 24.5 Å². The Morgan fingerprint density at radius 3 is 2.77 bits per heavy atom. The van der Waals surface area contributed by atoms with Crippen LogP contribution in [0.3, 0.4) is 0 Å². The van der Waals surface area contributed by atoms with Gasteiger partial charge in [-0.1, -0.05) is 0 Å². The fraction of sp³-hybridized carbons (Fsp3) is 0.409. The Balaban J connectivity index is 1.50. The largest absolute Gasteiger partial charge is 0.477 e. The molecule has 0 radical (unpaired) electrons. The highest BCUT2D eigenvalue weighted by atomic mass is 32.2. The lowest BCUT2D eigenvalue weighted by Gasteiger charge is -2.18. The molecule has 11 nitrogen and oxygen atoms in total. The Kier molecular flexibility index (Phi) is 7.88. The number of rotatable bonds is 12. The van der Waals surface area contributed by atoms with Crippen LogP contribution >= 0.6 is 11.3 Å². The van der Waals surface area contributed by atoms with E-state index < -0.39 is 22.0 Å². The van der Waals surface area contributed by atoms with Gasteiger partial charge < -0.3 is 14.8 Å². The van der Waals surface area contributed by atoms with Crippen LogP contribution in [-0.4, -0.2) is 59.3 Å². The van der Waals surface area contributed by atoms with Crippen molar-refractivity contribution in [3.63, 3.8) is 0 Å². The molecule has 1 fully saturated rings. The zero-order chi connectivity index (χ0) is 24.8. The molecule has 0 aromatic carbocycles. The van der Waals surface area contributed by atoms with E-state index in [2.05, 4.69) is 30.0 Å². The minimum atomic E-state index is -3.42. The van der Waals surface area contributed by atoms with Gasteiger partial charge in [0.2, 0.25) is 15.9 Å². The number of nitrogens with one attached hydrogen (secondary N) is 2. The van der Waals surface area contributed by atoms with E-state index in [4.69, 9.17) is 9.47 Å². The molecular weight excluding hydrogens is 492 g/mol. The van der Waals surface area contributed by atoms with E-state index in [1.165, 1.54) is 23.7 Å². The first-order chi connectivity index (χ1) is 16.9. The van der Waals surface area contributed by atoms with E-state index in [0.717, 1.165) is 0 Å². The minimum absolute atomic E-state index is 0.161. The van der Waals surface area contributed by atoms with Crippen molar-refractivity contribution >= 4 is 33.0 Å². The number of sulfonamides is 1. The lowest BCUT2D eigenvalue weighted by molar-refractivity contribution is 0.0853. The lowest BCUT2D eigenvalue weighted by atomic mass is 10.2. The van der Waals surface area contributed by atoms with Crippen LogP contribution in [0.1, 0.15) is 48.2 Å². The number of ether oxygens (including phenoxy) is 2. The summed E-state index contributed by atoms with van der Waals surface area (Å²) in [5.41, 5.74) is 1.41. The molecule has 3 aromatic heterocycles. The van der Waals surface area contributed by atoms with Crippen molar-refractivity contribution < 1.29 is 22.7 Å². The van der Waals surface area contributed by atoms with Gasteiger partial charge in [-0.3, -0.25) is 19.5 Å². The van der Waals surface area contributed by atoms with Gasteiger partial charge in [0.15, 0.2) is 5.01 Å². The monoisotopic (exact) mass is 518 g/mol. The number of thiazole rings is 1. The third-order valence-electron chi connectivity index (χ3n) is 5.01. The highest BCUT2D eigenvalue weighted by Crippen LogP contribution is 2.30. The quantitative estimate of drug-likeness (QED) is 0.369. The molecule has 1 unspecified atom stereocenters. The maximum absolute atomic E-state index is 13.0. The molecule has 0 spiro atoms. The summed E-state index contributed by atoms with van der Waals surface area (Å²) in [4.78, 5) is 30.7. The molecule has 1 amide bonds. The Morgan fingerprint density at radius 1 is 1.20 bits per heavy atom. The number of nitrogens with zero attached hydrogens (tertiary/aromatic N) is 4. The van der Waals surface area contributed by atoms with Crippen LogP contribution in [0.5, 0.6) is 5.88 Å². The zero-order valence-corrected chi connectivity index (χ0v) is 20.9. The SMILES string of the molecule is CCOCC(NC(=O)c1ncc(-c2cncc(OCC)n2)s1)c1cc(NS(=O)(=O)C2CC2)ccn1. The normalized spacial score (nSPS) is 14.3. The van der Waals surface area contributed by atoms with Gasteiger partial charge in [0.1, 0.15) is 5.69 Å². The predicted molar refractivity (Wildman–Crippen MR) is 131 cm³/mol. The van der Waals surface area contributed by atoms with Crippen LogP contribution in [0.4, 0.5) is 5.69 Å². The van der Waals surface area contributed by atoms with Crippen LogP contribution in [0.2, 0.25) is 0 Å². The second-order valence-corrected chi connectivity index (χ2v) is 10.7. The van der Waals surface area contributed by atoms with Gasteiger partial charge in [0, 0.05) is 19.0 Å². The van der Waals surface area contributed by atoms with E-state index in [1.807, 2.05) is 13.8 Å². The van der Waals surface area contributed by atoms with Crippen molar-refractivity contribution in [1.82, 2.24) is 25.3 Å². The van der Waals surface area contributed by atoms with Crippen LogP contribution in [-0.2, 0) is 14.8 Å². The number of hydrogen-bond acceptors (Lipinski definition) is 10. The summed E-state index contributed by atoms with van der Waals surface area (Å²) >= 11 is 1.17. The molecule has 1 aliphatic carbocycles. The maximum Gasteiger partial charge on any atom is 0.280 e. The standard InChI is InChI=1S/C22H26N6O5S2/c1-3-32-13-18(16-9-14(7-8-24-16)28-35(30,31)15-5-6-15)27-21(29)22-25-11-19(34-22)17-10-23-12-20(26-17)33-4-2/h7-12,15,18H,3-6,13H2,1-2H3,(H,24,28)(H,27,29). The summed E-state index contributed by atoms with van der Waals surface area (Å²) in [6, 6.07) is 2.57. The molecule has 3 aromatic rings. The highest BCUT2D eigenvalue weighted by Gasteiger charge is 2.35. The first-order valence-electron chi connectivity index (χ1n) is 11.2. The Morgan fingerprint density at radius 2 is 2.03 bits per heavy atom. The summed E-state index contributed by atoms with van der Waals surface area (Å²) < 4.78 is 38.1. The van der Waals surface area contributed by atoms with E-state index in [9.17, 15) is 13.2 Å². The highest BCUT2D eigenvalue weighted by molar-refractivity contribution is 7.93. The van der Waals surface area contributed by atoms with Crippen LogP contribution in [0.25, 0.3) is 10.6 Å². The van der Waals surface area contributed by atoms with Gasteiger partial charge in [0.25, 0.3) is 5.91 Å². The Bertz CT molecular complexity index is 1280. The van der Waals surface area contributed by atoms with Crippen molar-refractivity contribution in [2.24, 2.45) is 0 Å². The van der Waals surface area contributed by atoms with Gasteiger partial charge >= 0.3 is 0 Å². The van der Waals surface area contributed by atoms with Crippen molar-refractivity contribution in [1.29, 1.82) is 0 Å². The smallest absolute Gasteiger partial charge is 0.280 e. The molecule has 0 aliphatic heterocycles. The van der Waals surface area contributed by atoms with Gasteiger partial charge in [-0.05, 0) is 38.8 Å². The number of carbonyl (C=O) groups excluding carboxylic acids is 1. The average Bonchev–Trinajstić information content (AvgIpc) is 3.60. The van der Waals surface area contributed by atoms with E-state index in [0.29, 0.717) is 53.9 Å². The summed E-state index contributed by atoms with van der Waals surface area (Å²) in [5, 5.41) is 2.77. The molecule has 2 N–H and O–H groups in total. The molecular formula is C22H26N6O5S2. The number of aromatic nitrogens is 4. The van der Waals surface area contributed by atoms with Crippen LogP contribution in [0, 0.1) is 0 Å². The second kappa shape index (κ2) is 11.1. The molecule has 0 saturated heterocycles. The summed E-state index contributed by atoms with van der Waals surface area (Å²) in [6.07, 6.45) is 7.47. The molecule has 13 heteroatoms. The number of anilines is 1. The van der Waals surface area contributed by atoms with Gasteiger partial charge in [0.05, 0.1) is 53.2 Å². The second-order valence-electron chi connectivity index (χ2n) is 7.71. The first-order valence-corrected chi connectivity index (χ1v) is 13.5.